The van der Waals surface area contributed by atoms with Crippen LogP contribution in [0.4, 0.5) is 23.0 Å². The summed E-state index contributed by atoms with van der Waals surface area (Å²) in [5, 5.41) is 17.8. The van der Waals surface area contributed by atoms with E-state index in [-0.39, 0.29) is 105 Å². The Hall–Kier alpha value is -7.66. The summed E-state index contributed by atoms with van der Waals surface area (Å²) < 4.78 is 92.7. The summed E-state index contributed by atoms with van der Waals surface area (Å²) in [7, 11) is -0.599. The number of H-pyrrole nitrogens is 1. The molecule has 2 aromatic heterocycles. The van der Waals surface area contributed by atoms with E-state index < -0.39 is 81.0 Å². The Balaban J connectivity index is 0.818. The van der Waals surface area contributed by atoms with Crippen molar-refractivity contribution in [2.24, 2.45) is 10.2 Å². The molecule has 1 aliphatic heterocycles. The number of imidazole rings is 1. The Morgan fingerprint density at radius 3 is 2.08 bits per heavy atom. The maximum Gasteiger partial charge on any atom is 0.386 e. The van der Waals surface area contributed by atoms with Gasteiger partial charge in [-0.3, -0.25) is 34.0 Å². The zero-order valence-corrected chi connectivity index (χ0v) is 64.4. The molecule has 0 spiro atoms. The van der Waals surface area contributed by atoms with Crippen molar-refractivity contribution in [2.75, 3.05) is 116 Å². The van der Waals surface area contributed by atoms with E-state index in [0.717, 1.165) is 41.6 Å². The molecular weight excluding hydrogens is 1470 g/mol. The number of sulfone groups is 1. The van der Waals surface area contributed by atoms with Crippen molar-refractivity contribution in [3.63, 3.8) is 0 Å². The van der Waals surface area contributed by atoms with E-state index in [1.165, 1.54) is 12.6 Å². The van der Waals surface area contributed by atoms with Gasteiger partial charge < -0.3 is 77.5 Å². The van der Waals surface area contributed by atoms with Gasteiger partial charge in [0.2, 0.25) is 24.3 Å². The number of benzene rings is 5. The molecule has 4 unspecified atom stereocenters. The average Bonchev–Trinajstić information content (AvgIpc) is 0.822. The fraction of sp³-hybridized carbons (Fsp3) is 0.451. The molecule has 8 N–H and O–H groups in total. The van der Waals surface area contributed by atoms with Gasteiger partial charge in [0.05, 0.1) is 87.5 Å². The third-order valence-corrected chi connectivity index (χ3v) is 23.3. The zero-order chi connectivity index (χ0) is 76.1. The number of carbonyl (C=O) groups excluding carboxylic acids is 3. The molecule has 1 aliphatic rings. The SMILES string of the molecule is [C-]#[N+]CCCP(OCC(COP(O)OCCCCCCNC(c1ccc(OC)cc1)(c1ccc(OC)cc1)c1ccc(S(C)(=O)=O)cc1)NC(=O)CCNC(=O)CCSP(=O)(O)OCCCC(=O)c1ccc(N=Nc2ccc(N(C)C)cc2)cc1)OC[C@@H]1O[C@@H](n2cnc3c(=O)[nH]c(N)nc32)C[C@@H]1OCC. The number of anilines is 2. The minimum Gasteiger partial charge on any atom is -0.497 e. The van der Waals surface area contributed by atoms with Crippen LogP contribution < -0.4 is 41.6 Å². The van der Waals surface area contributed by atoms with Gasteiger partial charge in [-0.05, 0) is 146 Å². The summed E-state index contributed by atoms with van der Waals surface area (Å²) in [5.41, 5.74) is 10.1. The molecule has 106 heavy (non-hydrogen) atoms. The van der Waals surface area contributed by atoms with Gasteiger partial charge in [0.15, 0.2) is 35.2 Å². The van der Waals surface area contributed by atoms with Crippen molar-refractivity contribution in [3.05, 3.63) is 172 Å². The fourth-order valence-electron chi connectivity index (χ4n) is 11.3. The van der Waals surface area contributed by atoms with Gasteiger partial charge in [-0.15, -0.1) is 0 Å². The summed E-state index contributed by atoms with van der Waals surface area (Å²) in [4.78, 5) is 90.2. The van der Waals surface area contributed by atoms with E-state index in [4.69, 9.17) is 53.9 Å². The third kappa shape index (κ3) is 25.8. The predicted octanol–water partition coefficient (Wildman–Crippen LogP) is 11.2. The molecule has 0 saturated carbocycles. The first kappa shape index (κ1) is 84.0. The highest BCUT2D eigenvalue weighted by Crippen LogP contribution is 2.56. The van der Waals surface area contributed by atoms with Crippen LogP contribution in [0.3, 0.4) is 0 Å². The van der Waals surface area contributed by atoms with Crippen LogP contribution in [-0.2, 0) is 61.6 Å². The molecule has 2 amide bonds. The van der Waals surface area contributed by atoms with Crippen LogP contribution in [0.15, 0.2) is 148 Å². The number of carbonyl (C=O) groups is 3. The lowest BCUT2D eigenvalue weighted by Crippen LogP contribution is -2.45. The number of hydrogen-bond acceptors (Lipinski definition) is 25. The standard InChI is InChI=1S/C71H93N12O18P3S2/c1-8-95-62-45-66(83-49-75-67-68(83)78-70(72)79-69(67)87)101-63(62)48-98-102(43-14-38-73-2)97-46-56(77-65(86)36-40-74-64(85)37-44-105-104(89,90)100-42-13-15-61(84)50-16-24-54(25-17-50)80-81-55-26-28-57(29-27-55)82(3)4)47-99-103(88)96-41-12-10-9-11-39-76-71(51-18-30-58(93-5)31-19-51,52-20-32-59(94-6)33-21-52)53-22-34-60(35-23-53)106(7,91)92/h16-35,49,56,62-63,66,76,88H,8-15,36-48H2,1,3-7H3,(H,74,85)(H,77,86)(H,89,90)(H3,72,78,79,87)/t56?,62-,63-,66+,102?,103?/m0/s1. The average molecular weight is 1560 g/mol. The first-order valence-electron chi connectivity index (χ1n) is 34.5. The van der Waals surface area contributed by atoms with Crippen molar-refractivity contribution in [3.8, 4) is 11.5 Å². The van der Waals surface area contributed by atoms with E-state index in [0.29, 0.717) is 78.4 Å². The number of aromatic nitrogens is 4. The van der Waals surface area contributed by atoms with Gasteiger partial charge in [-0.2, -0.15) is 15.2 Å². The number of fused-ring (bicyclic) bond motifs is 1. The molecule has 0 radical (unpaired) electrons. The Labute approximate surface area is 623 Å². The van der Waals surface area contributed by atoms with Gasteiger partial charge in [0.1, 0.15) is 23.8 Å². The second-order valence-electron chi connectivity index (χ2n) is 24.7. The lowest BCUT2D eigenvalue weighted by atomic mass is 9.76. The lowest BCUT2D eigenvalue weighted by Gasteiger charge is -2.37. The molecule has 1 fully saturated rings. The number of nitrogen functional groups attached to an aromatic ring is 1. The van der Waals surface area contributed by atoms with Crippen LogP contribution in [0, 0.1) is 6.57 Å². The highest BCUT2D eigenvalue weighted by Gasteiger charge is 2.40. The van der Waals surface area contributed by atoms with Crippen molar-refractivity contribution < 1.29 is 78.7 Å². The molecule has 0 aliphatic carbocycles. The fourth-order valence-corrected chi connectivity index (χ4v) is 16.3. The molecule has 0 bridgehead atoms. The van der Waals surface area contributed by atoms with Crippen molar-refractivity contribution in [1.29, 1.82) is 0 Å². The van der Waals surface area contributed by atoms with Crippen molar-refractivity contribution >= 4 is 96.8 Å². The number of nitrogens with zero attached hydrogens (tertiary/aromatic N) is 7. The molecule has 5 aromatic carbocycles. The molecule has 30 nitrogen and oxygen atoms in total. The van der Waals surface area contributed by atoms with E-state index in [1.807, 2.05) is 111 Å². The molecule has 572 valence electrons. The number of hydrogen-bond donors (Lipinski definition) is 7. The maximum absolute atomic E-state index is 13.6. The van der Waals surface area contributed by atoms with Gasteiger partial charge >= 0.3 is 15.4 Å². The van der Waals surface area contributed by atoms with Gasteiger partial charge in [0, 0.05) is 88.8 Å². The Morgan fingerprint density at radius 2 is 1.46 bits per heavy atom. The number of amides is 2. The van der Waals surface area contributed by atoms with E-state index >= 15 is 0 Å². The number of nitrogens with one attached hydrogen (secondary N) is 4. The van der Waals surface area contributed by atoms with Gasteiger partial charge in [0.25, 0.3) is 5.56 Å². The number of ketones is 1. The predicted molar refractivity (Wildman–Crippen MR) is 407 cm³/mol. The zero-order valence-electron chi connectivity index (χ0n) is 60.1. The van der Waals surface area contributed by atoms with Crippen LogP contribution in [0.2, 0.25) is 0 Å². The summed E-state index contributed by atoms with van der Waals surface area (Å²) in [6.07, 6.45) is 4.64. The minimum absolute atomic E-state index is 0.00440. The number of aromatic amines is 1. The lowest BCUT2D eigenvalue weighted by molar-refractivity contribution is -0.123. The molecule has 7 atom stereocenters. The largest absolute Gasteiger partial charge is 0.497 e. The highest BCUT2D eigenvalue weighted by atomic mass is 32.7. The molecule has 7 aromatic rings. The number of ether oxygens (including phenoxy) is 4. The Kier molecular flexibility index (Phi) is 33.4. The maximum atomic E-state index is 13.6. The number of rotatable bonds is 47. The van der Waals surface area contributed by atoms with Crippen LogP contribution in [0.25, 0.3) is 16.0 Å². The number of azo groups is 1. The summed E-state index contributed by atoms with van der Waals surface area (Å²) in [6.45, 7) is 5.59. The normalized spacial score (nSPS) is 16.1. The second kappa shape index (κ2) is 42.2. The number of nitrogens with two attached hydrogens (primary N) is 1. The van der Waals surface area contributed by atoms with Crippen LogP contribution in [0.5, 0.6) is 11.5 Å². The topological polar surface area (TPSA) is 384 Å². The number of Topliss-reactive ketones (excluding diaryl/α,β-unsaturated/α-hetero) is 1. The molecule has 8 rings (SSSR count). The van der Waals surface area contributed by atoms with Crippen molar-refractivity contribution in [1.82, 2.24) is 35.5 Å². The number of methoxy groups -OCH3 is 2. The summed E-state index contributed by atoms with van der Waals surface area (Å²) >= 11 is 0.571. The van der Waals surface area contributed by atoms with Crippen LogP contribution in [-0.4, -0.2) is 179 Å². The molecule has 1 saturated heterocycles. The molecular formula is C71H93N12O18P3S2. The van der Waals surface area contributed by atoms with Gasteiger partial charge in [-0.25, -0.2) is 24.5 Å². The van der Waals surface area contributed by atoms with Gasteiger partial charge in [-0.1, -0.05) is 49.2 Å². The second-order valence-corrected chi connectivity index (χ2v) is 33.3. The van der Waals surface area contributed by atoms with E-state index in [1.54, 1.807) is 55.2 Å². The minimum atomic E-state index is -4.19. The quantitative estimate of drug-likeness (QED) is 0.00465. The first-order valence-corrected chi connectivity index (χ1v) is 42.0. The monoisotopic (exact) mass is 1560 g/mol. The highest BCUT2D eigenvalue weighted by molar-refractivity contribution is 8.54. The molecule has 3 heterocycles. The van der Waals surface area contributed by atoms with Crippen molar-refractivity contribution in [2.45, 2.75) is 106 Å². The van der Waals surface area contributed by atoms with E-state index in [9.17, 15) is 41.9 Å². The molecule has 35 heteroatoms. The number of unbranched alkanes of at least 4 members (excludes halogenated alkanes) is 3. The van der Waals surface area contributed by atoms with E-state index in [2.05, 4.69) is 46.0 Å². The first-order chi connectivity index (χ1) is 51.0. The van der Waals surface area contributed by atoms with Crippen LogP contribution >= 0.6 is 35.2 Å². The summed E-state index contributed by atoms with van der Waals surface area (Å²) in [6, 6.07) is 35.6. The Bertz CT molecular complexity index is 4190. The third-order valence-electron chi connectivity index (χ3n) is 16.8. The summed E-state index contributed by atoms with van der Waals surface area (Å²) in [5.74, 6) is -0.0182. The van der Waals surface area contributed by atoms with Crippen LogP contribution in [0.1, 0.15) is 104 Å². The smallest absolute Gasteiger partial charge is 0.386 e. The Morgan fingerprint density at radius 1 is 0.830 bits per heavy atom.